The van der Waals surface area contributed by atoms with Crippen LogP contribution in [0.5, 0.6) is 0 Å². The SMILES string of the molecule is Brc1cnccc1CC1=NCCc2c1[nH]c1ccccc21. The number of nitrogens with one attached hydrogen (secondary N) is 1. The minimum absolute atomic E-state index is 0.822. The molecule has 0 fully saturated rings. The monoisotopic (exact) mass is 339 g/mol. The molecule has 104 valence electrons. The Bertz CT molecular complexity index is 848. The molecule has 3 nitrogen and oxygen atoms in total. The molecule has 0 saturated carbocycles. The Morgan fingerprint density at radius 3 is 3.00 bits per heavy atom. The zero-order chi connectivity index (χ0) is 14.2. The molecule has 4 heteroatoms. The van der Waals surface area contributed by atoms with E-state index in [0.29, 0.717) is 0 Å². The Balaban J connectivity index is 1.79. The van der Waals surface area contributed by atoms with Gasteiger partial charge in [0.25, 0.3) is 0 Å². The highest BCUT2D eigenvalue weighted by Crippen LogP contribution is 2.27. The topological polar surface area (TPSA) is 41.0 Å². The number of para-hydroxylation sites is 1. The number of benzene rings is 1. The zero-order valence-corrected chi connectivity index (χ0v) is 13.0. The summed E-state index contributed by atoms with van der Waals surface area (Å²) in [5.74, 6) is 0. The molecule has 1 N–H and O–H groups in total. The van der Waals surface area contributed by atoms with E-state index in [1.807, 2.05) is 18.5 Å². The Hall–Kier alpha value is -1.94. The fourth-order valence-corrected chi connectivity index (χ4v) is 3.35. The van der Waals surface area contributed by atoms with E-state index in [9.17, 15) is 0 Å². The number of hydrogen-bond acceptors (Lipinski definition) is 2. The van der Waals surface area contributed by atoms with Crippen molar-refractivity contribution >= 4 is 32.5 Å². The lowest BCUT2D eigenvalue weighted by molar-refractivity contribution is 0.936. The van der Waals surface area contributed by atoms with E-state index in [-0.39, 0.29) is 0 Å². The van der Waals surface area contributed by atoms with Gasteiger partial charge in [-0.15, -0.1) is 0 Å². The van der Waals surface area contributed by atoms with Crippen LogP contribution in [0.1, 0.15) is 16.8 Å². The van der Waals surface area contributed by atoms with Crippen LogP contribution in [0.15, 0.2) is 52.2 Å². The number of aromatic amines is 1. The molecule has 0 amide bonds. The third-order valence-electron chi connectivity index (χ3n) is 3.98. The molecule has 0 spiro atoms. The number of pyridine rings is 1. The summed E-state index contributed by atoms with van der Waals surface area (Å²) in [4.78, 5) is 12.4. The van der Waals surface area contributed by atoms with E-state index in [2.05, 4.69) is 50.2 Å². The average Bonchev–Trinajstić information content (AvgIpc) is 2.89. The van der Waals surface area contributed by atoms with Crippen LogP contribution in [0.2, 0.25) is 0 Å². The van der Waals surface area contributed by atoms with Crippen molar-refractivity contribution in [3.63, 3.8) is 0 Å². The van der Waals surface area contributed by atoms with Crippen molar-refractivity contribution in [3.8, 4) is 0 Å². The molecule has 0 saturated heterocycles. The maximum absolute atomic E-state index is 4.75. The molecule has 21 heavy (non-hydrogen) atoms. The van der Waals surface area contributed by atoms with Gasteiger partial charge < -0.3 is 4.98 Å². The molecule has 2 aromatic heterocycles. The lowest BCUT2D eigenvalue weighted by atomic mass is 9.98. The highest BCUT2D eigenvalue weighted by Gasteiger charge is 2.19. The first-order valence-electron chi connectivity index (χ1n) is 7.04. The van der Waals surface area contributed by atoms with Gasteiger partial charge in [-0.05, 0) is 45.6 Å². The van der Waals surface area contributed by atoms with Crippen LogP contribution in [0.4, 0.5) is 0 Å². The van der Waals surface area contributed by atoms with Crippen molar-refractivity contribution in [2.75, 3.05) is 6.54 Å². The minimum Gasteiger partial charge on any atom is -0.353 e. The van der Waals surface area contributed by atoms with E-state index in [0.717, 1.165) is 29.6 Å². The van der Waals surface area contributed by atoms with Gasteiger partial charge in [0, 0.05) is 40.7 Å². The predicted octanol–water partition coefficient (Wildman–Crippen LogP) is 3.91. The standard InChI is InChI=1S/C17H14BrN3/c18-14-10-19-7-5-11(14)9-16-17-13(6-8-20-16)12-3-1-2-4-15(12)21-17/h1-5,7,10,21H,6,8-9H2. The highest BCUT2D eigenvalue weighted by atomic mass is 79.9. The average molecular weight is 340 g/mol. The van der Waals surface area contributed by atoms with Gasteiger partial charge in [-0.3, -0.25) is 9.98 Å². The first-order valence-corrected chi connectivity index (χ1v) is 7.84. The molecule has 0 radical (unpaired) electrons. The van der Waals surface area contributed by atoms with Crippen molar-refractivity contribution in [3.05, 3.63) is 64.0 Å². The quantitative estimate of drug-likeness (QED) is 0.755. The Morgan fingerprint density at radius 2 is 2.10 bits per heavy atom. The molecule has 1 aliphatic heterocycles. The summed E-state index contributed by atoms with van der Waals surface area (Å²) < 4.78 is 1.04. The number of H-pyrrole nitrogens is 1. The summed E-state index contributed by atoms with van der Waals surface area (Å²) in [6, 6.07) is 10.5. The van der Waals surface area contributed by atoms with Gasteiger partial charge in [0.1, 0.15) is 0 Å². The first-order chi connectivity index (χ1) is 10.3. The van der Waals surface area contributed by atoms with Crippen molar-refractivity contribution in [1.82, 2.24) is 9.97 Å². The molecule has 0 bridgehead atoms. The summed E-state index contributed by atoms with van der Waals surface area (Å²) in [6.07, 6.45) is 5.50. The highest BCUT2D eigenvalue weighted by molar-refractivity contribution is 9.10. The molecule has 0 atom stereocenters. The largest absolute Gasteiger partial charge is 0.353 e. The number of hydrogen-bond donors (Lipinski definition) is 1. The fraction of sp³-hybridized carbons (Fsp3) is 0.176. The van der Waals surface area contributed by atoms with Crippen molar-refractivity contribution in [1.29, 1.82) is 0 Å². The zero-order valence-electron chi connectivity index (χ0n) is 11.4. The van der Waals surface area contributed by atoms with Crippen molar-refractivity contribution in [2.24, 2.45) is 4.99 Å². The van der Waals surface area contributed by atoms with Crippen molar-refractivity contribution < 1.29 is 0 Å². The van der Waals surface area contributed by atoms with E-state index in [4.69, 9.17) is 4.99 Å². The summed E-state index contributed by atoms with van der Waals surface area (Å²) in [5, 5.41) is 1.33. The van der Waals surface area contributed by atoms with Crippen LogP contribution in [0.3, 0.4) is 0 Å². The van der Waals surface area contributed by atoms with Crippen LogP contribution in [-0.2, 0) is 12.8 Å². The smallest absolute Gasteiger partial charge is 0.0642 e. The Morgan fingerprint density at radius 1 is 1.19 bits per heavy atom. The van der Waals surface area contributed by atoms with Gasteiger partial charge in [0.15, 0.2) is 0 Å². The van der Waals surface area contributed by atoms with E-state index in [1.54, 1.807) is 0 Å². The maximum atomic E-state index is 4.75. The van der Waals surface area contributed by atoms with Gasteiger partial charge in [0.05, 0.1) is 11.4 Å². The van der Waals surface area contributed by atoms with Gasteiger partial charge >= 0.3 is 0 Å². The van der Waals surface area contributed by atoms with E-state index < -0.39 is 0 Å². The molecule has 0 aliphatic carbocycles. The lowest BCUT2D eigenvalue weighted by Crippen LogP contribution is -2.15. The predicted molar refractivity (Wildman–Crippen MR) is 89.0 cm³/mol. The maximum Gasteiger partial charge on any atom is 0.0642 e. The third-order valence-corrected chi connectivity index (χ3v) is 4.70. The van der Waals surface area contributed by atoms with Crippen LogP contribution in [0.25, 0.3) is 10.9 Å². The molecular formula is C17H14BrN3. The Kier molecular flexibility index (Phi) is 3.11. The number of aliphatic imine (C=N–C) groups is 1. The summed E-state index contributed by atoms with van der Waals surface area (Å²) in [6.45, 7) is 0.868. The van der Waals surface area contributed by atoms with Crippen molar-refractivity contribution in [2.45, 2.75) is 12.8 Å². The number of fused-ring (bicyclic) bond motifs is 3. The molecule has 3 heterocycles. The second-order valence-electron chi connectivity index (χ2n) is 5.25. The van der Waals surface area contributed by atoms with Crippen LogP contribution < -0.4 is 0 Å². The summed E-state index contributed by atoms with van der Waals surface area (Å²) >= 11 is 3.57. The molecule has 3 aromatic rings. The fourth-order valence-electron chi connectivity index (χ4n) is 2.96. The van der Waals surface area contributed by atoms with Crippen LogP contribution in [-0.4, -0.2) is 22.2 Å². The van der Waals surface area contributed by atoms with Gasteiger partial charge in [-0.25, -0.2) is 0 Å². The molecule has 4 rings (SSSR count). The summed E-state index contributed by atoms with van der Waals surface area (Å²) in [5.41, 5.74) is 6.16. The van der Waals surface area contributed by atoms with E-state index >= 15 is 0 Å². The molecule has 1 aliphatic rings. The third kappa shape index (κ3) is 2.20. The van der Waals surface area contributed by atoms with E-state index in [1.165, 1.54) is 27.7 Å². The first kappa shape index (κ1) is 12.8. The summed E-state index contributed by atoms with van der Waals surface area (Å²) in [7, 11) is 0. The second-order valence-corrected chi connectivity index (χ2v) is 6.10. The van der Waals surface area contributed by atoms with Crippen LogP contribution in [0, 0.1) is 0 Å². The molecular weight excluding hydrogens is 326 g/mol. The molecule has 1 aromatic carbocycles. The molecule has 0 unspecified atom stereocenters. The number of aromatic nitrogens is 2. The van der Waals surface area contributed by atoms with Crippen LogP contribution >= 0.6 is 15.9 Å². The normalized spacial score (nSPS) is 14.0. The number of rotatable bonds is 2. The second kappa shape index (κ2) is 5.11. The van der Waals surface area contributed by atoms with Gasteiger partial charge in [-0.2, -0.15) is 0 Å². The number of halogens is 1. The van der Waals surface area contributed by atoms with Gasteiger partial charge in [-0.1, -0.05) is 18.2 Å². The minimum atomic E-state index is 0.822. The van der Waals surface area contributed by atoms with Gasteiger partial charge in [0.2, 0.25) is 0 Å². The lowest BCUT2D eigenvalue weighted by Gasteiger charge is -2.14. The Labute approximate surface area is 131 Å². The number of nitrogens with zero attached hydrogens (tertiary/aromatic N) is 2.